The maximum absolute atomic E-state index is 4.61. The van der Waals surface area contributed by atoms with Crippen molar-refractivity contribution in [3.8, 4) is 5.69 Å². The van der Waals surface area contributed by atoms with Crippen molar-refractivity contribution in [3.63, 3.8) is 0 Å². The maximum atomic E-state index is 4.61. The molecule has 0 radical (unpaired) electrons. The summed E-state index contributed by atoms with van der Waals surface area (Å²) in [6, 6.07) is 33.8. The van der Waals surface area contributed by atoms with Gasteiger partial charge in [-0.25, -0.2) is 0 Å². The molecule has 31 heavy (non-hydrogen) atoms. The van der Waals surface area contributed by atoms with Gasteiger partial charge in [0.1, 0.15) is 11.0 Å². The van der Waals surface area contributed by atoms with Crippen molar-refractivity contribution in [2.45, 2.75) is 19.3 Å². The van der Waals surface area contributed by atoms with E-state index in [0.717, 1.165) is 22.4 Å². The van der Waals surface area contributed by atoms with Crippen LogP contribution < -0.4 is 4.90 Å². The van der Waals surface area contributed by atoms with Crippen LogP contribution in [0.25, 0.3) is 16.7 Å². The van der Waals surface area contributed by atoms with Crippen LogP contribution in [0.15, 0.2) is 97.1 Å². The minimum absolute atomic E-state index is 0.0529. The predicted molar refractivity (Wildman–Crippen MR) is 126 cm³/mol. The number of hydrogen-bond acceptors (Lipinski definition) is 3. The van der Waals surface area contributed by atoms with Gasteiger partial charge >= 0.3 is 0 Å². The van der Waals surface area contributed by atoms with Gasteiger partial charge in [0.05, 0.1) is 17.1 Å². The number of para-hydroxylation sites is 2. The minimum Gasteiger partial charge on any atom is -0.310 e. The van der Waals surface area contributed by atoms with Crippen molar-refractivity contribution < 1.29 is 0 Å². The number of nitrogens with zero attached hydrogens (tertiary/aromatic N) is 4. The molecule has 0 N–H and O–H groups in total. The quantitative estimate of drug-likeness (QED) is 0.337. The van der Waals surface area contributed by atoms with E-state index in [1.54, 1.807) is 4.80 Å². The molecule has 6 rings (SSSR count). The van der Waals surface area contributed by atoms with Crippen LogP contribution in [0.1, 0.15) is 25.0 Å². The first-order chi connectivity index (χ1) is 15.1. The highest BCUT2D eigenvalue weighted by atomic mass is 15.5. The Morgan fingerprint density at radius 3 is 1.55 bits per heavy atom. The normalized spacial score (nSPS) is 14.3. The van der Waals surface area contributed by atoms with Crippen LogP contribution >= 0.6 is 0 Å². The first-order valence-electron chi connectivity index (χ1n) is 10.5. The van der Waals surface area contributed by atoms with Gasteiger partial charge in [-0.3, -0.25) is 0 Å². The van der Waals surface area contributed by atoms with E-state index >= 15 is 0 Å². The van der Waals surface area contributed by atoms with Crippen molar-refractivity contribution >= 4 is 28.1 Å². The third-order valence-electron chi connectivity index (χ3n) is 6.26. The van der Waals surface area contributed by atoms with Gasteiger partial charge in [0, 0.05) is 11.1 Å². The summed E-state index contributed by atoms with van der Waals surface area (Å²) in [6.45, 7) is 4.61. The topological polar surface area (TPSA) is 34.0 Å². The molecule has 2 heterocycles. The molecule has 1 aliphatic rings. The summed E-state index contributed by atoms with van der Waals surface area (Å²) in [6.07, 6.45) is 0. The molecule has 0 aliphatic carbocycles. The van der Waals surface area contributed by atoms with E-state index in [1.165, 1.54) is 22.5 Å². The summed E-state index contributed by atoms with van der Waals surface area (Å²) in [7, 11) is 0. The molecule has 0 saturated heterocycles. The van der Waals surface area contributed by atoms with E-state index in [2.05, 4.69) is 102 Å². The largest absolute Gasteiger partial charge is 0.310 e. The lowest BCUT2D eigenvalue weighted by Crippen LogP contribution is -2.30. The number of hydrogen-bond donors (Lipinski definition) is 0. The monoisotopic (exact) mass is 402 g/mol. The molecular formula is C27H22N4. The molecule has 0 spiro atoms. The van der Waals surface area contributed by atoms with Crippen LogP contribution in [-0.2, 0) is 5.41 Å². The molecule has 0 bridgehead atoms. The number of anilines is 3. The average Bonchev–Trinajstić information content (AvgIpc) is 3.24. The van der Waals surface area contributed by atoms with E-state index in [4.69, 9.17) is 0 Å². The summed E-state index contributed by atoms with van der Waals surface area (Å²) in [4.78, 5) is 4.06. The first kappa shape index (κ1) is 17.9. The number of fused-ring (bicyclic) bond motifs is 3. The van der Waals surface area contributed by atoms with Crippen LogP contribution in [0.3, 0.4) is 0 Å². The van der Waals surface area contributed by atoms with E-state index in [1.807, 2.05) is 24.3 Å². The minimum atomic E-state index is -0.0529. The lowest BCUT2D eigenvalue weighted by Gasteiger charge is -2.42. The van der Waals surface area contributed by atoms with E-state index in [0.29, 0.717) is 0 Å². The van der Waals surface area contributed by atoms with Gasteiger partial charge in [-0.1, -0.05) is 62.4 Å². The zero-order chi connectivity index (χ0) is 21.0. The molecule has 0 atom stereocenters. The molecule has 5 aromatic rings. The Labute approximate surface area is 181 Å². The van der Waals surface area contributed by atoms with Gasteiger partial charge < -0.3 is 4.90 Å². The Hall–Kier alpha value is -3.92. The summed E-state index contributed by atoms with van der Waals surface area (Å²) in [5.41, 5.74) is 8.91. The third kappa shape index (κ3) is 2.68. The summed E-state index contributed by atoms with van der Waals surface area (Å²) >= 11 is 0. The van der Waals surface area contributed by atoms with Gasteiger partial charge in [0.25, 0.3) is 0 Å². The molecule has 0 fully saturated rings. The SMILES string of the molecule is CC1(C)c2ccccc2N(c2ccc(-n3nc4ccccc4n3)cc2)c2ccccc21. The van der Waals surface area contributed by atoms with E-state index in [9.17, 15) is 0 Å². The molecule has 0 saturated carbocycles. The van der Waals surface area contributed by atoms with Crippen LogP contribution in [0.4, 0.5) is 17.1 Å². The summed E-state index contributed by atoms with van der Waals surface area (Å²) in [5, 5.41) is 9.22. The smallest absolute Gasteiger partial charge is 0.113 e. The fourth-order valence-electron chi connectivity index (χ4n) is 4.66. The lowest BCUT2D eigenvalue weighted by molar-refractivity contribution is 0.632. The van der Waals surface area contributed by atoms with Crippen molar-refractivity contribution in [1.82, 2.24) is 15.0 Å². The second kappa shape index (κ2) is 6.54. The Bertz CT molecular complexity index is 1330. The van der Waals surface area contributed by atoms with Gasteiger partial charge in [0.2, 0.25) is 0 Å². The van der Waals surface area contributed by atoms with Crippen molar-refractivity contribution in [2.75, 3.05) is 4.90 Å². The molecule has 1 aromatic heterocycles. The van der Waals surface area contributed by atoms with Crippen molar-refractivity contribution in [3.05, 3.63) is 108 Å². The molecule has 0 amide bonds. The molecule has 4 heteroatoms. The number of rotatable bonds is 2. The Morgan fingerprint density at radius 1 is 0.548 bits per heavy atom. The van der Waals surface area contributed by atoms with Gasteiger partial charge in [-0.15, -0.1) is 10.2 Å². The first-order valence-corrected chi connectivity index (χ1v) is 10.5. The third-order valence-corrected chi connectivity index (χ3v) is 6.26. The summed E-state index contributed by atoms with van der Waals surface area (Å²) < 4.78 is 0. The fraction of sp³-hybridized carbons (Fsp3) is 0.111. The van der Waals surface area contributed by atoms with Crippen LogP contribution in [-0.4, -0.2) is 15.0 Å². The molecule has 0 unspecified atom stereocenters. The Morgan fingerprint density at radius 2 is 1.00 bits per heavy atom. The molecule has 1 aliphatic heterocycles. The number of benzene rings is 4. The highest BCUT2D eigenvalue weighted by molar-refractivity contribution is 5.86. The predicted octanol–water partition coefficient (Wildman–Crippen LogP) is 6.53. The van der Waals surface area contributed by atoms with Gasteiger partial charge in [-0.05, 0) is 59.7 Å². The van der Waals surface area contributed by atoms with Crippen molar-refractivity contribution in [1.29, 1.82) is 0 Å². The molecular weight excluding hydrogens is 380 g/mol. The Kier molecular flexibility index (Phi) is 3.78. The average molecular weight is 403 g/mol. The zero-order valence-corrected chi connectivity index (χ0v) is 17.5. The highest BCUT2D eigenvalue weighted by Crippen LogP contribution is 2.51. The lowest BCUT2D eigenvalue weighted by atomic mass is 9.73. The highest BCUT2D eigenvalue weighted by Gasteiger charge is 2.36. The summed E-state index contributed by atoms with van der Waals surface area (Å²) in [5.74, 6) is 0. The second-order valence-corrected chi connectivity index (χ2v) is 8.49. The van der Waals surface area contributed by atoms with Gasteiger partial charge in [-0.2, -0.15) is 4.80 Å². The second-order valence-electron chi connectivity index (χ2n) is 8.49. The Balaban J connectivity index is 1.47. The van der Waals surface area contributed by atoms with E-state index in [-0.39, 0.29) is 5.41 Å². The molecule has 4 aromatic carbocycles. The zero-order valence-electron chi connectivity index (χ0n) is 17.5. The van der Waals surface area contributed by atoms with Crippen LogP contribution in [0.5, 0.6) is 0 Å². The van der Waals surface area contributed by atoms with E-state index < -0.39 is 0 Å². The van der Waals surface area contributed by atoms with Crippen LogP contribution in [0.2, 0.25) is 0 Å². The molecule has 150 valence electrons. The van der Waals surface area contributed by atoms with Crippen molar-refractivity contribution in [2.24, 2.45) is 0 Å². The fourth-order valence-corrected chi connectivity index (χ4v) is 4.66. The van der Waals surface area contributed by atoms with Gasteiger partial charge in [0.15, 0.2) is 0 Å². The number of aromatic nitrogens is 3. The standard InChI is InChI=1S/C27H22N4/c1-27(2)21-9-3-7-13-25(21)30(26-14-8-4-10-22(26)27)19-15-17-20(18-16-19)31-28-23-11-5-6-12-24(23)29-31/h3-18H,1-2H3. The van der Waals surface area contributed by atoms with Crippen LogP contribution in [0, 0.1) is 0 Å². The molecule has 4 nitrogen and oxygen atoms in total. The maximum Gasteiger partial charge on any atom is 0.113 e.